The summed E-state index contributed by atoms with van der Waals surface area (Å²) in [5.74, 6) is 1.53. The van der Waals surface area contributed by atoms with Gasteiger partial charge in [-0.15, -0.1) is 0 Å². The van der Waals surface area contributed by atoms with Gasteiger partial charge in [0.05, 0.1) is 17.3 Å². The van der Waals surface area contributed by atoms with Crippen LogP contribution in [0.5, 0.6) is 0 Å². The molecule has 2 heterocycles. The SMILES string of the molecule is CNc1nc(C)nc2c1cnn2-c1cccc(C)c1. The molecule has 96 valence electrons. The first-order valence-electron chi connectivity index (χ1n) is 6.16. The second-order valence-corrected chi connectivity index (χ2v) is 4.50. The molecule has 0 saturated carbocycles. The molecule has 0 radical (unpaired) electrons. The Bertz CT molecular complexity index is 745. The zero-order valence-electron chi connectivity index (χ0n) is 11.2. The number of fused-ring (bicyclic) bond motifs is 1. The molecule has 0 fully saturated rings. The third kappa shape index (κ3) is 1.93. The Kier molecular flexibility index (Phi) is 2.67. The van der Waals surface area contributed by atoms with Crippen LogP contribution in [0.25, 0.3) is 16.7 Å². The minimum atomic E-state index is 0.728. The highest BCUT2D eigenvalue weighted by Crippen LogP contribution is 2.22. The van der Waals surface area contributed by atoms with Gasteiger partial charge in [0.1, 0.15) is 11.6 Å². The van der Waals surface area contributed by atoms with E-state index in [1.807, 2.05) is 30.8 Å². The normalized spacial score (nSPS) is 10.9. The zero-order valence-corrected chi connectivity index (χ0v) is 11.2. The number of rotatable bonds is 2. The van der Waals surface area contributed by atoms with Crippen molar-refractivity contribution in [1.82, 2.24) is 19.7 Å². The maximum Gasteiger partial charge on any atom is 0.168 e. The minimum Gasteiger partial charge on any atom is -0.372 e. The molecule has 0 aliphatic rings. The van der Waals surface area contributed by atoms with Gasteiger partial charge >= 0.3 is 0 Å². The highest BCUT2D eigenvalue weighted by atomic mass is 15.3. The third-order valence-corrected chi connectivity index (χ3v) is 3.02. The first-order valence-corrected chi connectivity index (χ1v) is 6.16. The van der Waals surface area contributed by atoms with Crippen LogP contribution in [0.2, 0.25) is 0 Å². The van der Waals surface area contributed by atoms with Crippen LogP contribution in [0.1, 0.15) is 11.4 Å². The van der Waals surface area contributed by atoms with Crippen LogP contribution in [-0.2, 0) is 0 Å². The Morgan fingerprint density at radius 2 is 2.00 bits per heavy atom. The predicted octanol–water partition coefficient (Wildman–Crippen LogP) is 2.47. The van der Waals surface area contributed by atoms with Gasteiger partial charge in [-0.2, -0.15) is 5.10 Å². The third-order valence-electron chi connectivity index (χ3n) is 3.02. The molecule has 0 aliphatic heterocycles. The lowest BCUT2D eigenvalue weighted by Gasteiger charge is -2.06. The molecule has 1 N–H and O–H groups in total. The van der Waals surface area contributed by atoms with Gasteiger partial charge in [-0.1, -0.05) is 12.1 Å². The van der Waals surface area contributed by atoms with Gasteiger partial charge in [0, 0.05) is 7.05 Å². The van der Waals surface area contributed by atoms with E-state index in [2.05, 4.69) is 39.4 Å². The summed E-state index contributed by atoms with van der Waals surface area (Å²) in [6.45, 7) is 3.95. The van der Waals surface area contributed by atoms with Crippen LogP contribution in [-0.4, -0.2) is 26.8 Å². The summed E-state index contributed by atoms with van der Waals surface area (Å²) in [5.41, 5.74) is 3.03. The standard InChI is InChI=1S/C14H15N5/c1-9-5-4-6-11(7-9)19-14-12(8-16-19)13(15-3)17-10(2)18-14/h4-8H,1-3H3,(H,15,17,18). The maximum absolute atomic E-state index is 4.50. The van der Waals surface area contributed by atoms with E-state index in [0.29, 0.717) is 0 Å². The number of nitrogens with zero attached hydrogens (tertiary/aromatic N) is 4. The van der Waals surface area contributed by atoms with E-state index >= 15 is 0 Å². The minimum absolute atomic E-state index is 0.728. The molecule has 0 saturated heterocycles. The summed E-state index contributed by atoms with van der Waals surface area (Å²) in [7, 11) is 1.85. The van der Waals surface area contributed by atoms with Crippen molar-refractivity contribution >= 4 is 16.9 Å². The fourth-order valence-electron chi connectivity index (χ4n) is 2.16. The monoisotopic (exact) mass is 253 g/mol. The molecule has 3 aromatic rings. The molecule has 0 amide bonds. The van der Waals surface area contributed by atoms with Gasteiger partial charge in [-0.3, -0.25) is 0 Å². The van der Waals surface area contributed by atoms with Gasteiger partial charge in [0.25, 0.3) is 0 Å². The van der Waals surface area contributed by atoms with Crippen molar-refractivity contribution in [3.8, 4) is 5.69 Å². The molecule has 1 aromatic carbocycles. The predicted molar refractivity (Wildman–Crippen MR) is 75.7 cm³/mol. The van der Waals surface area contributed by atoms with Crippen molar-refractivity contribution in [3.63, 3.8) is 0 Å². The molecule has 5 nitrogen and oxygen atoms in total. The topological polar surface area (TPSA) is 55.6 Å². The molecular formula is C14H15N5. The fourth-order valence-corrected chi connectivity index (χ4v) is 2.16. The van der Waals surface area contributed by atoms with Crippen molar-refractivity contribution in [1.29, 1.82) is 0 Å². The number of hydrogen-bond acceptors (Lipinski definition) is 4. The lowest BCUT2D eigenvalue weighted by Crippen LogP contribution is -2.01. The van der Waals surface area contributed by atoms with Gasteiger partial charge in [-0.25, -0.2) is 14.6 Å². The van der Waals surface area contributed by atoms with Gasteiger partial charge in [0.2, 0.25) is 0 Å². The highest BCUT2D eigenvalue weighted by Gasteiger charge is 2.11. The first-order chi connectivity index (χ1) is 9.19. The molecular weight excluding hydrogens is 238 g/mol. The molecule has 2 aromatic heterocycles. The maximum atomic E-state index is 4.50. The molecule has 19 heavy (non-hydrogen) atoms. The molecule has 0 bridgehead atoms. The van der Waals surface area contributed by atoms with Crippen LogP contribution in [0, 0.1) is 13.8 Å². The fraction of sp³-hybridized carbons (Fsp3) is 0.214. The van der Waals surface area contributed by atoms with Crippen molar-refractivity contribution in [2.24, 2.45) is 0 Å². The molecule has 3 rings (SSSR count). The van der Waals surface area contributed by atoms with Crippen molar-refractivity contribution < 1.29 is 0 Å². The quantitative estimate of drug-likeness (QED) is 0.762. The van der Waals surface area contributed by atoms with Crippen molar-refractivity contribution in [2.75, 3.05) is 12.4 Å². The van der Waals surface area contributed by atoms with Gasteiger partial charge in [0.15, 0.2) is 5.65 Å². The van der Waals surface area contributed by atoms with E-state index < -0.39 is 0 Å². The lowest BCUT2D eigenvalue weighted by atomic mass is 10.2. The average Bonchev–Trinajstić information content (AvgIpc) is 2.81. The Morgan fingerprint density at radius 3 is 2.74 bits per heavy atom. The van der Waals surface area contributed by atoms with Crippen LogP contribution in [0.3, 0.4) is 0 Å². The summed E-state index contributed by atoms with van der Waals surface area (Å²) in [5, 5.41) is 8.44. The van der Waals surface area contributed by atoms with E-state index in [0.717, 1.165) is 28.4 Å². The summed E-state index contributed by atoms with van der Waals surface area (Å²) in [4.78, 5) is 8.87. The highest BCUT2D eigenvalue weighted by molar-refractivity contribution is 5.87. The zero-order chi connectivity index (χ0) is 13.4. The summed E-state index contributed by atoms with van der Waals surface area (Å²) in [6.07, 6.45) is 1.79. The van der Waals surface area contributed by atoms with Crippen molar-refractivity contribution in [2.45, 2.75) is 13.8 Å². The van der Waals surface area contributed by atoms with Crippen molar-refractivity contribution in [3.05, 3.63) is 41.9 Å². The molecule has 0 unspecified atom stereocenters. The van der Waals surface area contributed by atoms with Crippen LogP contribution in [0.4, 0.5) is 5.82 Å². The molecule has 5 heteroatoms. The largest absolute Gasteiger partial charge is 0.372 e. The molecule has 0 atom stereocenters. The summed E-state index contributed by atoms with van der Waals surface area (Å²) in [6, 6.07) is 8.19. The number of aryl methyl sites for hydroxylation is 2. The second-order valence-electron chi connectivity index (χ2n) is 4.50. The molecule has 0 aliphatic carbocycles. The smallest absolute Gasteiger partial charge is 0.168 e. The number of benzene rings is 1. The Labute approximate surface area is 111 Å². The number of hydrogen-bond donors (Lipinski definition) is 1. The lowest BCUT2D eigenvalue weighted by molar-refractivity contribution is 0.888. The number of aromatic nitrogens is 4. The van der Waals surface area contributed by atoms with E-state index in [9.17, 15) is 0 Å². The van der Waals surface area contributed by atoms with E-state index in [-0.39, 0.29) is 0 Å². The summed E-state index contributed by atoms with van der Waals surface area (Å²) >= 11 is 0. The van der Waals surface area contributed by atoms with Gasteiger partial charge < -0.3 is 5.32 Å². The summed E-state index contributed by atoms with van der Waals surface area (Å²) < 4.78 is 1.85. The van der Waals surface area contributed by atoms with Gasteiger partial charge in [-0.05, 0) is 31.5 Å². The van der Waals surface area contributed by atoms with Crippen LogP contribution >= 0.6 is 0 Å². The van der Waals surface area contributed by atoms with Crippen LogP contribution < -0.4 is 5.32 Å². The number of nitrogens with one attached hydrogen (secondary N) is 1. The van der Waals surface area contributed by atoms with E-state index in [1.165, 1.54) is 5.56 Å². The second kappa shape index (κ2) is 4.35. The Balaban J connectivity index is 2.28. The molecule has 0 spiro atoms. The number of anilines is 1. The van der Waals surface area contributed by atoms with Crippen LogP contribution in [0.15, 0.2) is 30.5 Å². The Hall–Kier alpha value is -2.43. The van der Waals surface area contributed by atoms with E-state index in [1.54, 1.807) is 6.20 Å². The van der Waals surface area contributed by atoms with E-state index in [4.69, 9.17) is 0 Å². The first kappa shape index (κ1) is 11.6. The average molecular weight is 253 g/mol. The Morgan fingerprint density at radius 1 is 1.16 bits per heavy atom.